The molecule has 3 heteroatoms. The van der Waals surface area contributed by atoms with Crippen molar-refractivity contribution in [3.05, 3.63) is 35.9 Å². The third-order valence-electron chi connectivity index (χ3n) is 3.06. The largest absolute Gasteiger partial charge is 0.341 e. The molecule has 3 nitrogen and oxygen atoms in total. The molecule has 0 spiro atoms. The van der Waals surface area contributed by atoms with Crippen molar-refractivity contribution in [2.24, 2.45) is 5.92 Å². The van der Waals surface area contributed by atoms with Crippen LogP contribution in [0.5, 0.6) is 0 Å². The molecule has 1 rings (SSSR count). The molecular weight excluding hydrogens is 236 g/mol. The van der Waals surface area contributed by atoms with Gasteiger partial charge in [-0.15, -0.1) is 0 Å². The van der Waals surface area contributed by atoms with Gasteiger partial charge < -0.3 is 4.90 Å². The normalized spacial score (nSPS) is 11.9. The fourth-order valence-corrected chi connectivity index (χ4v) is 2.08. The van der Waals surface area contributed by atoms with Crippen LogP contribution in [-0.2, 0) is 4.79 Å². The monoisotopic (exact) mass is 258 g/mol. The zero-order valence-electron chi connectivity index (χ0n) is 12.0. The van der Waals surface area contributed by atoms with Crippen LogP contribution in [0.1, 0.15) is 38.7 Å². The molecule has 19 heavy (non-hydrogen) atoms. The van der Waals surface area contributed by atoms with E-state index in [1.54, 1.807) is 0 Å². The second kappa shape index (κ2) is 7.58. The summed E-state index contributed by atoms with van der Waals surface area (Å²) < 4.78 is 0. The number of carbonyl (C=O) groups excluding carboxylic acids is 1. The lowest BCUT2D eigenvalue weighted by Gasteiger charge is -2.27. The van der Waals surface area contributed by atoms with Gasteiger partial charge in [0, 0.05) is 13.1 Å². The number of hydrogen-bond donors (Lipinski definition) is 0. The molecule has 0 heterocycles. The maximum atomic E-state index is 12.5. The Kier molecular flexibility index (Phi) is 6.08. The van der Waals surface area contributed by atoms with Gasteiger partial charge >= 0.3 is 0 Å². The standard InChI is InChI=1S/C16H22N2O/c1-13(2)12-18(11-7-10-17)16(19)14(3)15-8-5-4-6-9-15/h4-6,8-9,13-14H,7,11-12H2,1-3H3. The number of nitrogens with zero attached hydrogens (tertiary/aromatic N) is 2. The van der Waals surface area contributed by atoms with Gasteiger partial charge in [0.2, 0.25) is 5.91 Å². The van der Waals surface area contributed by atoms with Crippen molar-refractivity contribution in [2.75, 3.05) is 13.1 Å². The molecule has 0 N–H and O–H groups in total. The van der Waals surface area contributed by atoms with Gasteiger partial charge in [0.25, 0.3) is 0 Å². The number of hydrogen-bond acceptors (Lipinski definition) is 2. The number of amides is 1. The van der Waals surface area contributed by atoms with E-state index >= 15 is 0 Å². The summed E-state index contributed by atoms with van der Waals surface area (Å²) in [4.78, 5) is 14.3. The van der Waals surface area contributed by atoms with Crippen LogP contribution in [0.2, 0.25) is 0 Å². The van der Waals surface area contributed by atoms with Crippen molar-refractivity contribution in [2.45, 2.75) is 33.1 Å². The van der Waals surface area contributed by atoms with E-state index in [-0.39, 0.29) is 11.8 Å². The van der Waals surface area contributed by atoms with E-state index in [9.17, 15) is 4.79 Å². The Bertz CT molecular complexity index is 434. The molecule has 0 aromatic heterocycles. The lowest BCUT2D eigenvalue weighted by molar-refractivity contribution is -0.132. The number of carbonyl (C=O) groups is 1. The fourth-order valence-electron chi connectivity index (χ4n) is 2.08. The van der Waals surface area contributed by atoms with Crippen molar-refractivity contribution in [1.29, 1.82) is 5.26 Å². The molecule has 1 unspecified atom stereocenters. The number of rotatable bonds is 6. The van der Waals surface area contributed by atoms with Gasteiger partial charge in [-0.25, -0.2) is 0 Å². The van der Waals surface area contributed by atoms with Gasteiger partial charge in [-0.1, -0.05) is 44.2 Å². The van der Waals surface area contributed by atoms with E-state index in [2.05, 4.69) is 19.9 Å². The summed E-state index contributed by atoms with van der Waals surface area (Å²) in [5.74, 6) is 0.361. The van der Waals surface area contributed by atoms with E-state index in [1.807, 2.05) is 42.2 Å². The Hall–Kier alpha value is -1.82. The molecule has 0 aliphatic heterocycles. The summed E-state index contributed by atoms with van der Waals surface area (Å²) in [5.41, 5.74) is 1.03. The third-order valence-corrected chi connectivity index (χ3v) is 3.06. The third kappa shape index (κ3) is 4.75. The van der Waals surface area contributed by atoms with Gasteiger partial charge in [0.1, 0.15) is 0 Å². The minimum Gasteiger partial charge on any atom is -0.341 e. The average molecular weight is 258 g/mol. The van der Waals surface area contributed by atoms with Crippen LogP contribution >= 0.6 is 0 Å². The summed E-state index contributed by atoms with van der Waals surface area (Å²) in [7, 11) is 0. The highest BCUT2D eigenvalue weighted by Gasteiger charge is 2.22. The van der Waals surface area contributed by atoms with Crippen LogP contribution < -0.4 is 0 Å². The molecule has 0 saturated heterocycles. The van der Waals surface area contributed by atoms with Gasteiger partial charge in [-0.2, -0.15) is 5.26 Å². The lowest BCUT2D eigenvalue weighted by atomic mass is 9.99. The highest BCUT2D eigenvalue weighted by Crippen LogP contribution is 2.18. The van der Waals surface area contributed by atoms with Crippen molar-refractivity contribution in [1.82, 2.24) is 4.90 Å². The minimum absolute atomic E-state index is 0.107. The SMILES string of the molecule is CC(C)CN(CCC#N)C(=O)C(C)c1ccccc1. The molecule has 0 fully saturated rings. The Morgan fingerprint density at radius 3 is 2.42 bits per heavy atom. The zero-order chi connectivity index (χ0) is 14.3. The molecule has 1 aromatic carbocycles. The van der Waals surface area contributed by atoms with Crippen molar-refractivity contribution >= 4 is 5.91 Å². The first kappa shape index (κ1) is 15.2. The first-order valence-corrected chi connectivity index (χ1v) is 6.77. The van der Waals surface area contributed by atoms with Crippen LogP contribution in [-0.4, -0.2) is 23.9 Å². The second-order valence-corrected chi connectivity index (χ2v) is 5.22. The van der Waals surface area contributed by atoms with Crippen molar-refractivity contribution in [3.63, 3.8) is 0 Å². The highest BCUT2D eigenvalue weighted by atomic mass is 16.2. The quantitative estimate of drug-likeness (QED) is 0.786. The molecule has 0 bridgehead atoms. The molecule has 0 aliphatic rings. The highest BCUT2D eigenvalue weighted by molar-refractivity contribution is 5.83. The molecule has 0 saturated carbocycles. The summed E-state index contributed by atoms with van der Waals surface area (Å²) in [6.07, 6.45) is 0.389. The maximum Gasteiger partial charge on any atom is 0.229 e. The average Bonchev–Trinajstić information content (AvgIpc) is 2.42. The first-order valence-electron chi connectivity index (χ1n) is 6.77. The zero-order valence-corrected chi connectivity index (χ0v) is 12.0. The van der Waals surface area contributed by atoms with Gasteiger partial charge in [-0.05, 0) is 18.4 Å². The van der Waals surface area contributed by atoms with Crippen LogP contribution in [0.15, 0.2) is 30.3 Å². The first-order chi connectivity index (χ1) is 9.06. The summed E-state index contributed by atoms with van der Waals surface area (Å²) in [6.45, 7) is 7.32. The summed E-state index contributed by atoms with van der Waals surface area (Å²) >= 11 is 0. The predicted molar refractivity (Wildman–Crippen MR) is 76.5 cm³/mol. The van der Waals surface area contributed by atoms with Crippen LogP contribution in [0.25, 0.3) is 0 Å². The summed E-state index contributed by atoms with van der Waals surface area (Å²) in [5, 5.41) is 8.70. The molecule has 0 aliphatic carbocycles. The maximum absolute atomic E-state index is 12.5. The van der Waals surface area contributed by atoms with E-state index in [0.717, 1.165) is 5.56 Å². The lowest BCUT2D eigenvalue weighted by Crippen LogP contribution is -2.37. The second-order valence-electron chi connectivity index (χ2n) is 5.22. The Morgan fingerprint density at radius 1 is 1.26 bits per heavy atom. The van der Waals surface area contributed by atoms with Gasteiger partial charge in [0.05, 0.1) is 18.4 Å². The van der Waals surface area contributed by atoms with Crippen LogP contribution in [0.3, 0.4) is 0 Å². The smallest absolute Gasteiger partial charge is 0.229 e. The van der Waals surface area contributed by atoms with Crippen LogP contribution in [0, 0.1) is 17.2 Å². The number of benzene rings is 1. The molecule has 1 atom stereocenters. The van der Waals surface area contributed by atoms with Crippen molar-refractivity contribution in [3.8, 4) is 6.07 Å². The van der Waals surface area contributed by atoms with Gasteiger partial charge in [0.15, 0.2) is 0 Å². The summed E-state index contributed by atoms with van der Waals surface area (Å²) in [6, 6.07) is 11.9. The minimum atomic E-state index is -0.154. The Morgan fingerprint density at radius 2 is 1.89 bits per heavy atom. The predicted octanol–water partition coefficient (Wildman–Crippen LogP) is 3.19. The molecule has 0 radical (unpaired) electrons. The van der Waals surface area contributed by atoms with Crippen LogP contribution in [0.4, 0.5) is 0 Å². The molecule has 1 aromatic rings. The molecule has 1 amide bonds. The van der Waals surface area contributed by atoms with E-state index in [1.165, 1.54) is 0 Å². The van der Waals surface area contributed by atoms with Gasteiger partial charge in [-0.3, -0.25) is 4.79 Å². The topological polar surface area (TPSA) is 44.1 Å². The number of nitriles is 1. The van der Waals surface area contributed by atoms with E-state index in [0.29, 0.717) is 25.4 Å². The van der Waals surface area contributed by atoms with E-state index in [4.69, 9.17) is 5.26 Å². The Labute approximate surface area is 115 Å². The Balaban J connectivity index is 2.78. The van der Waals surface area contributed by atoms with Crippen molar-refractivity contribution < 1.29 is 4.79 Å². The molecular formula is C16H22N2O. The van der Waals surface area contributed by atoms with E-state index < -0.39 is 0 Å². The molecule has 102 valence electrons. The fraction of sp³-hybridized carbons (Fsp3) is 0.500.